The molecule has 0 bridgehead atoms. The van der Waals surface area contributed by atoms with Crippen LogP contribution >= 0.6 is 0 Å². The minimum Gasteiger partial charge on any atom is -0.396 e. The van der Waals surface area contributed by atoms with Gasteiger partial charge in [0, 0.05) is 504 Å². The van der Waals surface area contributed by atoms with Crippen molar-refractivity contribution >= 4 is 0 Å². The SMILES string of the molecule is C=C1/C(=C(C)\C=C2\[C@@H]3CC[C@H]([C@](C)(C(C)C)C(C)CC(C)C(C)(O)CC)[C@@]3(CC)C(C)(C)C(C)C2(C)C)C(C)(C)[C@@](C)(O)[C@@](C)(OCC(C)CO)[C@@H]1O.[HH].[HH].[HH].[HH].[HH].[HH].[HH].[HH].[HH].[HH].[HH].[HH].[HH].[HH].[HH].[HH].[HH].[HH].[HH].[HH].[HH].[HH].[HH].[HH].[HH].[HH].[HH].[HH].[HH].[HH].[HH].[HH].[HH].[HH].[HH].[HH].[HH].[HH].[HH].[HH].[HH].[HH].[HH].[HH].[HH].[HH].[HH].[HH].[HH].[HH].[HH].[HH].[HH].[HH].[HH].[HH].[HH].[HH].[HH].[HH].[HH].[HH].[HH].[HH].[HH].[HH].[HH].[HH].[HH].[HH].[HH].[HH].[HH].[HH].[HH].[HH].[HH].[HH].[HH].[HH].[HH].[HH].[HH].[HH].[HH].[HH].[HH].[HH].[HH].[HH].[HH].[HH].[HH].[HH].[HH].[HH].[HH].[HH].[HH].[HH].[HH].[HH].[HH].[HH].[HH].[HH].[HH].[HH].[HH].[HH].[HH].[HH].[HH].[HH].[HH].[HH].[HH].[HH].[HH].[HH].[HH].[HH].[HH].[HH].[HH].[HH].[HH].[HH].[HH].[HH].[HH].[HH].[HH].[HH].[HH].[HH].[HH].[HH].[HH].[HH].[HH].[HH].[HH].[HH].[HH].[HH].[HH].[HH].[HH].[HH].[HH].[HH].[HH].[HH].[HH].[HH].[HH].[HH].[HH].[HH].[HH].[HH].[HH].[HH].[HH].[HH].[HH].[HH].[HH].[HH].[HH].[HH].[HH].[HH].[HH].[HH].[HH].[HH].[HH].[HH].[HH].[HH].[HH].[HH].[HH].[HH].[HH].[HH].[HH].[HH].[HH].[HH].[HH].[HH].[HH].[HH].[HH].[HH].[HH].[HH].[HH].[HH].[HH].[HH].[HH].[HH].[HH].[HH].[HH].[HH].[HH].[HH].[HH].[HH].[HH].[HH].[HH].[HH].[HH].[HH].[HH].[HH].[HH].[HH].[HH].[HH].[HH].[HH].[HH].[HH].[HH].[HH].[HH].[HH].[HH].[HH].[HH].[HH].[HH].[HH].[HH].[HH].[HH].[HH].[HH].[HH].[HH].[HH].[HH].[HH].[HH].[HH].[HH].[HH].[HH].[HH].[HH].[HH].[HH].[HH].[HH].[HH].[HH].[HH].[HH].[HH].[HH].[HH].[HH].[HH].[HH].[HH].[HH].[HH].[HH].[HH].[HH].[HH].[HH].[HH].[HH].[HH].[HH].[HH].[HH].[HH].[HH].[HH].[HH].[HH].[HH].[HH].[HH].[HH].[HH].[HH].[HH].[HH].[HH].[HH].[HH].[HH].[HH].[HH].[HH].[HH].[HH].[HH].[HH].[HH].[HH].[HH].[HH].[HH].[HH].[HH].[HH].[HH].[HH].[HH].[HH].[HH].[HH].[HH].[HH].[HH].[HH].[HH].[HH].[HH].[HH].[HH].[HH].[HH].[HH].[HH].[HH].[HH].[HH].[HH].[HH]. The Morgan fingerprint density at radius 3 is 2.00 bits per heavy atom. The molecule has 0 spiro atoms. The van der Waals surface area contributed by atoms with Gasteiger partial charge in [0.1, 0.15) is 17.3 Å². The van der Waals surface area contributed by atoms with Crippen molar-refractivity contribution in [3.63, 3.8) is 0 Å². The number of aliphatic hydroxyl groups is 4. The van der Waals surface area contributed by atoms with Crippen LogP contribution in [0.5, 0.6) is 0 Å². The molecule has 53 heavy (non-hydrogen) atoms. The molecule has 0 aromatic rings. The Balaban J connectivity index is -0.000000000263. The van der Waals surface area contributed by atoms with Crippen LogP contribution in [0.3, 0.4) is 0 Å². The zero-order chi connectivity index (χ0) is 41.3. The quantitative estimate of drug-likeness (QED) is 0.148. The molecule has 5 heteroatoms. The van der Waals surface area contributed by atoms with E-state index < -0.39 is 28.3 Å². The van der Waals surface area contributed by atoms with E-state index in [-0.39, 0.29) is 533 Å². The van der Waals surface area contributed by atoms with E-state index >= 15 is 0 Å². The molecule has 5 nitrogen and oxygen atoms in total. The van der Waals surface area contributed by atoms with Crippen LogP contribution in [0, 0.1) is 68.5 Å². The zero-order valence-electron chi connectivity index (χ0n) is 38.1. The van der Waals surface area contributed by atoms with Gasteiger partial charge in [0.05, 0.1) is 12.2 Å². The van der Waals surface area contributed by atoms with Crippen molar-refractivity contribution in [2.24, 2.45) is 68.5 Å². The predicted molar refractivity (Wildman–Crippen MR) is 944 cm³/mol. The van der Waals surface area contributed by atoms with Gasteiger partial charge in [-0.25, -0.2) is 0 Å². The Hall–Kier alpha value is -0.980. The summed E-state index contributed by atoms with van der Waals surface area (Å²) in [6.07, 6.45) is 6.54. The molecule has 3 fully saturated rings. The summed E-state index contributed by atoms with van der Waals surface area (Å²) in [5.74, 6) is 2.28. The Kier molecular flexibility index (Phi) is 13.2. The minimum absolute atomic E-state index is 0. The van der Waals surface area contributed by atoms with Crippen molar-refractivity contribution in [2.75, 3.05) is 13.2 Å². The zero-order valence-corrected chi connectivity index (χ0v) is 38.1. The maximum atomic E-state index is 12.5. The highest BCUT2D eigenvalue weighted by Crippen LogP contribution is 2.76. The van der Waals surface area contributed by atoms with Crippen LogP contribution in [0.1, 0.15) is 650 Å². The van der Waals surface area contributed by atoms with Crippen LogP contribution in [0.15, 0.2) is 34.9 Å². The lowest BCUT2D eigenvalue weighted by atomic mass is 9.37. The normalized spacial score (nSPS) is 39.6. The molecule has 0 amide bonds. The summed E-state index contributed by atoms with van der Waals surface area (Å²) in [4.78, 5) is 0. The Labute approximate surface area is 833 Å². The molecule has 0 aliphatic heterocycles. The first-order valence-electron chi connectivity index (χ1n) is 21.4. The molecule has 3 aliphatic carbocycles. The van der Waals surface area contributed by atoms with Gasteiger partial charge in [0.15, 0.2) is 0 Å². The Morgan fingerprint density at radius 2 is 1.53 bits per heavy atom. The summed E-state index contributed by atoms with van der Waals surface area (Å²) in [6, 6.07) is 0. The first kappa shape index (κ1) is 46.4. The molecular weight excluding hydrogens is 657 g/mol. The second kappa shape index (κ2) is 15.1. The van der Waals surface area contributed by atoms with Crippen molar-refractivity contribution in [3.8, 4) is 0 Å². The van der Waals surface area contributed by atoms with E-state index in [1.807, 2.05) is 13.8 Å². The molecule has 0 aromatic carbocycles. The van der Waals surface area contributed by atoms with Gasteiger partial charge in [-0.1, -0.05) is 122 Å². The maximum Gasteiger partial charge on any atom is 0.124 e. The number of aliphatic hydroxyl groups excluding tert-OH is 2. The summed E-state index contributed by atoms with van der Waals surface area (Å²) in [6.45, 7) is 47.8. The van der Waals surface area contributed by atoms with Crippen molar-refractivity contribution in [1.82, 2.24) is 0 Å². The second-order valence-electron chi connectivity index (χ2n) is 21.5. The molecule has 12 atom stereocenters. The van der Waals surface area contributed by atoms with Crippen LogP contribution < -0.4 is 0 Å². The van der Waals surface area contributed by atoms with E-state index in [9.17, 15) is 20.4 Å². The van der Waals surface area contributed by atoms with E-state index in [0.29, 0.717) is 35.2 Å². The first-order valence-corrected chi connectivity index (χ1v) is 21.4. The number of fused-ring (bicyclic) bond motifs is 1. The van der Waals surface area contributed by atoms with E-state index in [1.54, 1.807) is 13.8 Å². The summed E-state index contributed by atoms with van der Waals surface area (Å²) in [5, 5.41) is 45.4. The molecular formula is C48H768O5. The van der Waals surface area contributed by atoms with Gasteiger partial charge < -0.3 is 25.2 Å². The molecule has 0 aromatic heterocycles. The third-order valence-corrected chi connectivity index (χ3v) is 18.3. The lowest BCUT2D eigenvalue weighted by molar-refractivity contribution is -0.251. The van der Waals surface area contributed by atoms with Gasteiger partial charge in [0.25, 0.3) is 0 Å². The second-order valence-corrected chi connectivity index (χ2v) is 21.5. The third kappa shape index (κ3) is 6.72. The van der Waals surface area contributed by atoms with Crippen LogP contribution in [0.25, 0.3) is 0 Å². The van der Waals surface area contributed by atoms with Crippen LogP contribution in [0.4, 0.5) is 0 Å². The molecule has 3 rings (SSSR count). The monoisotopic (exact) mass is 1430 g/mol. The number of hydrogen-bond donors (Lipinski definition) is 4. The van der Waals surface area contributed by atoms with E-state index in [1.165, 1.54) is 12.0 Å². The molecule has 0 saturated heterocycles. The minimum atomic E-state index is -1.44. The van der Waals surface area contributed by atoms with Crippen molar-refractivity contribution in [1.29, 1.82) is 0 Å². The molecule has 5 unspecified atom stereocenters. The lowest BCUT2D eigenvalue weighted by Gasteiger charge is -2.67. The van der Waals surface area contributed by atoms with E-state index in [0.717, 1.165) is 36.8 Å². The van der Waals surface area contributed by atoms with Gasteiger partial charge in [-0.05, 0) is 134 Å². The molecule has 990 valence electrons. The fourth-order valence-electron chi connectivity index (χ4n) is 12.9. The fraction of sp³-hybridized carbons (Fsp3) is 0.875. The standard InChI is InChI=1S/C48H86O5.341H2/c1-21-44(17,51)32(7)26-33(8)45(18,29(3)4)38-24-23-36-37(41(11,12)35(10)42(13,14)48(36,38)22-2)25-31(6)39-34(9)40(50)46(19,53-28-30(5)27-49)47(20,52)43(39,15)16;;;;;;;;;;;;;;;;;;;;;;;;;;;;;;;;;;;;;;;;;;;;;;;;;;;;;;;;;;;;;;;;;;;;;;;;;;;;;;;;;;;;;;;;;;;;;;;;;;;;;;;;;;;;;;;;;;;;;;;;;;;;;;;;;;;;;;;;;;;;;;;;;;;;;;;;;;;;;;;;;;;;;;;;;;;;;;;;;;;;;;;;;;;;;;;;;;;;;;;;;;;;;;;;;;;;;;;;;;;;;;;;;;;;;;;;;;;;;;;;;;;;;;;;;;;;;;;;;;;;;;;;;;;;;;;;;;;;;;;;;;;;;;;;;;;;;;;;;;;;;;;;;;;;;;;;;;;;;;;;;;;;;;;;;;;;;;;;;;;;;/h25,29-30,32-33,35-36,38,40,49-52H,9,21-24,26-28H2,1-8,10-20H3;341*1H/b37-25-,39-31+;;;;;;;;;;;;;;;;;;;;;;;;;;;;;;;;;;;;;;;;;;;;;;;;;;;;;;;;;;;;;;;;;;;;;;;;;;;;;;;;;;;;;;;;;;;;;;;;;;;;;;;;;;;;;;;;;;;;;;;;;;;;;;;;;;;;;;;;;;;;;;;;;;;;;;;;;;;;;;;;;;;;;;;;;;;;;;;;;;;;;;;;;;;;;;;;;;;;;;;;;;;;;;;;;;;;;;;;;;;;;;;;;;;;;;;;;;;;;;;;;;;;;;;;;;;;;;;;;;;;;;;;;;;;;;;;;;;;;;;;;;;;;;;;;;;;;;;;;;;;;;;;;;;;;;;;;;;;;;;;;;;;;;;;;;;;;;;;;;;;;/t30?,32?,33?,35?,36-,38+,40+,44?,45+,46-,47+,48-;;;;;;;;;;;;;;;;;;;;;;;;;;;;;;;;;;;;;;;;;;;;;;;;;;;;;;;;;;;;;;;;;;;;;;;;;;;;;;;;;;;;;;;;;;;;;;;;;;;;;;;;;;;;;;;;;;;;;;;;;;;;;;;;;;;;;;;;;;;;;;;;;;;;;;;;;;;;;;;;;;;;;;;;;;;;;;;;;;;;;;;;;;;;;;;;;;;;;;;;;;;;;;;;;;;;;;;;;;;;;;;;;;;;;;;;;;;;;;;;;;;;;;;;;;;;;;;;;;;;;;;;;;;;;;;;;;;;;;;;;;;;;;;;;;;;;;;;;;;;;;;;;;;;;;;;;;;;;;;;;;;;;;;;;;;;;;;;;;;;;/m0...................................................................................................................................................................................................................................................................................................................................................../s1. The van der Waals surface area contributed by atoms with Crippen molar-refractivity contribution in [2.45, 2.75) is 187 Å². The highest BCUT2D eigenvalue weighted by Gasteiger charge is 2.70. The van der Waals surface area contributed by atoms with Gasteiger partial charge in [0.2, 0.25) is 0 Å². The van der Waals surface area contributed by atoms with E-state index in [2.05, 4.69) is 117 Å². The first-order chi connectivity index (χ1) is 23.9. The van der Waals surface area contributed by atoms with Crippen LogP contribution in [0.2, 0.25) is 0 Å². The number of hydrogen-bond acceptors (Lipinski definition) is 5. The summed E-state index contributed by atoms with van der Waals surface area (Å²) in [5.41, 5.74) is -0.0643. The van der Waals surface area contributed by atoms with Gasteiger partial charge >= 0.3 is 0 Å². The molecule has 3 saturated carbocycles. The topological polar surface area (TPSA) is 90.2 Å². The highest BCUT2D eigenvalue weighted by atomic mass is 16.5. The van der Waals surface area contributed by atoms with Gasteiger partial charge in [-0.15, -0.1) is 0 Å². The predicted octanol–water partition coefficient (Wildman–Crippen LogP) is 94.8. The summed E-state index contributed by atoms with van der Waals surface area (Å²) >= 11 is 0. The Bertz CT molecular complexity index is 1620. The average molecular weight is 1430 g/mol. The smallest absolute Gasteiger partial charge is 0.124 e. The van der Waals surface area contributed by atoms with E-state index in [4.69, 9.17) is 4.74 Å². The molecule has 0 heterocycles. The largest absolute Gasteiger partial charge is 0.396 e. The fourth-order valence-corrected chi connectivity index (χ4v) is 12.9. The average Bonchev–Trinajstić information content (AvgIpc) is 3.47. The molecule has 3 aliphatic rings. The molecule has 4 N–H and O–H groups in total. The number of ether oxygens (including phenoxy) is 1. The van der Waals surface area contributed by atoms with Gasteiger partial charge in [-0.2, -0.15) is 0 Å². The Morgan fingerprint density at radius 1 is 0.981 bits per heavy atom. The van der Waals surface area contributed by atoms with Crippen molar-refractivity contribution < 1.29 is 512 Å². The highest BCUT2D eigenvalue weighted by molar-refractivity contribution is 5.52. The van der Waals surface area contributed by atoms with Crippen LogP contribution in [-0.4, -0.2) is 56.5 Å². The third-order valence-electron chi connectivity index (χ3n) is 18.3. The van der Waals surface area contributed by atoms with Crippen LogP contribution in [-0.2, 0) is 4.74 Å². The summed E-state index contributed by atoms with van der Waals surface area (Å²) in [7, 11) is 0. The maximum absolute atomic E-state index is 12.5. The lowest BCUT2D eigenvalue weighted by Crippen LogP contribution is -2.70. The molecule has 0 radical (unpaired) electrons. The number of rotatable bonds is 13. The summed E-state index contributed by atoms with van der Waals surface area (Å²) < 4.78 is 6.35. The van der Waals surface area contributed by atoms with Gasteiger partial charge in [-0.3, -0.25) is 0 Å². The number of allylic oxidation sites excluding steroid dienone is 3. The van der Waals surface area contributed by atoms with Crippen molar-refractivity contribution in [3.05, 3.63) is 34.9 Å².